The van der Waals surface area contributed by atoms with E-state index in [0.717, 1.165) is 0 Å². The van der Waals surface area contributed by atoms with Gasteiger partial charge >= 0.3 is 0 Å². The molecular weight excluding hydrogens is 256 g/mol. The summed E-state index contributed by atoms with van der Waals surface area (Å²) in [7, 11) is 0. The Kier molecular flexibility index (Phi) is 6.20. The topological polar surface area (TPSA) is 97.1 Å². The molecule has 0 unspecified atom stereocenters. The average molecular weight is 274 g/mol. The molecule has 0 bridgehead atoms. The SMILES string of the molecule is CC(C)NC(=O)CNC(=O)c1cncc(C#CCN)c1. The second-order valence-corrected chi connectivity index (χ2v) is 4.37. The van der Waals surface area contributed by atoms with E-state index in [0.29, 0.717) is 11.1 Å². The molecule has 0 radical (unpaired) electrons. The second kappa shape index (κ2) is 7.92. The molecule has 0 aliphatic rings. The predicted octanol–water partition coefficient (Wildman–Crippen LogP) is -0.354. The molecule has 20 heavy (non-hydrogen) atoms. The van der Waals surface area contributed by atoms with Crippen molar-refractivity contribution in [3.8, 4) is 11.8 Å². The quantitative estimate of drug-likeness (QED) is 0.654. The highest BCUT2D eigenvalue weighted by molar-refractivity contribution is 5.96. The van der Waals surface area contributed by atoms with Crippen molar-refractivity contribution in [3.63, 3.8) is 0 Å². The highest BCUT2D eigenvalue weighted by Gasteiger charge is 2.09. The Labute approximate surface area is 118 Å². The summed E-state index contributed by atoms with van der Waals surface area (Å²) in [6.45, 7) is 3.87. The summed E-state index contributed by atoms with van der Waals surface area (Å²) < 4.78 is 0. The number of hydrogen-bond acceptors (Lipinski definition) is 4. The normalized spacial score (nSPS) is 9.60. The van der Waals surface area contributed by atoms with Crippen molar-refractivity contribution in [2.45, 2.75) is 19.9 Å². The van der Waals surface area contributed by atoms with E-state index >= 15 is 0 Å². The van der Waals surface area contributed by atoms with E-state index in [2.05, 4.69) is 27.5 Å². The van der Waals surface area contributed by atoms with Gasteiger partial charge in [-0.05, 0) is 19.9 Å². The van der Waals surface area contributed by atoms with Crippen LogP contribution in [0.2, 0.25) is 0 Å². The zero-order chi connectivity index (χ0) is 15.0. The summed E-state index contributed by atoms with van der Waals surface area (Å²) in [5.41, 5.74) is 6.24. The van der Waals surface area contributed by atoms with E-state index < -0.39 is 0 Å². The van der Waals surface area contributed by atoms with E-state index in [9.17, 15) is 9.59 Å². The van der Waals surface area contributed by atoms with Crippen molar-refractivity contribution < 1.29 is 9.59 Å². The zero-order valence-corrected chi connectivity index (χ0v) is 11.6. The number of nitrogens with zero attached hydrogens (tertiary/aromatic N) is 1. The molecule has 6 nitrogen and oxygen atoms in total. The Morgan fingerprint density at radius 1 is 1.40 bits per heavy atom. The number of carbonyl (C=O) groups excluding carboxylic acids is 2. The van der Waals surface area contributed by atoms with Gasteiger partial charge in [-0.15, -0.1) is 0 Å². The maximum atomic E-state index is 11.9. The Balaban J connectivity index is 2.61. The van der Waals surface area contributed by atoms with E-state index in [1.54, 1.807) is 12.3 Å². The summed E-state index contributed by atoms with van der Waals surface area (Å²) in [6.07, 6.45) is 2.97. The van der Waals surface area contributed by atoms with Gasteiger partial charge in [0, 0.05) is 24.0 Å². The van der Waals surface area contributed by atoms with Crippen LogP contribution in [0.4, 0.5) is 0 Å². The summed E-state index contributed by atoms with van der Waals surface area (Å²) in [4.78, 5) is 27.2. The fraction of sp³-hybridized carbons (Fsp3) is 0.357. The van der Waals surface area contributed by atoms with Gasteiger partial charge in [-0.1, -0.05) is 11.8 Å². The van der Waals surface area contributed by atoms with Gasteiger partial charge in [0.1, 0.15) is 0 Å². The molecule has 0 aromatic carbocycles. The van der Waals surface area contributed by atoms with Gasteiger partial charge in [0.05, 0.1) is 18.7 Å². The van der Waals surface area contributed by atoms with Gasteiger partial charge in [0.25, 0.3) is 5.91 Å². The molecule has 1 aromatic heterocycles. The molecule has 0 aliphatic carbocycles. The molecule has 0 saturated heterocycles. The Bertz CT molecular complexity index is 544. The van der Waals surface area contributed by atoms with Crippen LogP contribution in [0.1, 0.15) is 29.8 Å². The predicted molar refractivity (Wildman–Crippen MR) is 75.8 cm³/mol. The third kappa shape index (κ3) is 5.50. The molecule has 1 heterocycles. The second-order valence-electron chi connectivity index (χ2n) is 4.37. The first-order chi connectivity index (χ1) is 9.52. The van der Waals surface area contributed by atoms with Crippen LogP contribution in [0.3, 0.4) is 0 Å². The van der Waals surface area contributed by atoms with Crippen LogP contribution in [0.25, 0.3) is 0 Å². The molecule has 1 aromatic rings. The van der Waals surface area contributed by atoms with Crippen molar-refractivity contribution in [3.05, 3.63) is 29.6 Å². The lowest BCUT2D eigenvalue weighted by molar-refractivity contribution is -0.120. The number of nitrogens with two attached hydrogens (primary N) is 1. The third-order valence-corrected chi connectivity index (χ3v) is 2.19. The van der Waals surface area contributed by atoms with Gasteiger partial charge < -0.3 is 16.4 Å². The lowest BCUT2D eigenvalue weighted by atomic mass is 10.2. The summed E-state index contributed by atoms with van der Waals surface area (Å²) in [5.74, 6) is 4.87. The molecule has 4 N–H and O–H groups in total. The Morgan fingerprint density at radius 2 is 2.15 bits per heavy atom. The van der Waals surface area contributed by atoms with Crippen molar-refractivity contribution in [2.75, 3.05) is 13.1 Å². The number of aromatic nitrogens is 1. The smallest absolute Gasteiger partial charge is 0.253 e. The van der Waals surface area contributed by atoms with E-state index in [-0.39, 0.29) is 30.9 Å². The molecule has 0 atom stereocenters. The minimum atomic E-state index is -0.368. The van der Waals surface area contributed by atoms with Crippen LogP contribution < -0.4 is 16.4 Å². The molecule has 106 valence electrons. The number of hydrogen-bond donors (Lipinski definition) is 3. The number of pyridine rings is 1. The number of amides is 2. The van der Waals surface area contributed by atoms with E-state index in [4.69, 9.17) is 5.73 Å². The van der Waals surface area contributed by atoms with Crippen LogP contribution in [-0.4, -0.2) is 35.9 Å². The zero-order valence-electron chi connectivity index (χ0n) is 11.6. The van der Waals surface area contributed by atoms with Crippen molar-refractivity contribution in [1.82, 2.24) is 15.6 Å². The lowest BCUT2D eigenvalue weighted by Crippen LogP contribution is -2.39. The monoisotopic (exact) mass is 274 g/mol. The fourth-order valence-corrected chi connectivity index (χ4v) is 1.42. The molecule has 6 heteroatoms. The van der Waals surface area contributed by atoms with E-state index in [1.807, 2.05) is 13.8 Å². The van der Waals surface area contributed by atoms with Crippen LogP contribution >= 0.6 is 0 Å². The molecular formula is C14H18N4O2. The van der Waals surface area contributed by atoms with Gasteiger partial charge in [-0.25, -0.2) is 0 Å². The summed E-state index contributed by atoms with van der Waals surface area (Å²) >= 11 is 0. The minimum Gasteiger partial charge on any atom is -0.352 e. The standard InChI is InChI=1S/C14H18N4O2/c1-10(2)18-13(19)9-17-14(20)12-6-11(4-3-5-15)7-16-8-12/h6-8,10H,5,9,15H2,1-2H3,(H,17,20)(H,18,19). The van der Waals surface area contributed by atoms with Gasteiger partial charge in [-0.3, -0.25) is 14.6 Å². The minimum absolute atomic E-state index is 0.0379. The number of rotatable bonds is 4. The van der Waals surface area contributed by atoms with Crippen LogP contribution in [0.5, 0.6) is 0 Å². The van der Waals surface area contributed by atoms with Gasteiger partial charge in [-0.2, -0.15) is 0 Å². The first kappa shape index (κ1) is 15.7. The highest BCUT2D eigenvalue weighted by atomic mass is 16.2. The van der Waals surface area contributed by atoms with E-state index in [1.165, 1.54) is 6.20 Å². The molecule has 0 spiro atoms. The molecule has 0 fully saturated rings. The van der Waals surface area contributed by atoms with Crippen LogP contribution in [-0.2, 0) is 4.79 Å². The third-order valence-electron chi connectivity index (χ3n) is 2.19. The Morgan fingerprint density at radius 3 is 2.80 bits per heavy atom. The summed E-state index contributed by atoms with van der Waals surface area (Å²) in [5, 5.41) is 5.21. The van der Waals surface area contributed by atoms with Crippen LogP contribution in [0, 0.1) is 11.8 Å². The number of nitrogens with one attached hydrogen (secondary N) is 2. The lowest BCUT2D eigenvalue weighted by Gasteiger charge is -2.09. The molecule has 2 amide bonds. The molecule has 1 rings (SSSR count). The fourth-order valence-electron chi connectivity index (χ4n) is 1.42. The first-order valence-corrected chi connectivity index (χ1v) is 6.24. The van der Waals surface area contributed by atoms with Crippen molar-refractivity contribution in [2.24, 2.45) is 5.73 Å². The molecule has 0 aliphatic heterocycles. The number of carbonyl (C=O) groups is 2. The first-order valence-electron chi connectivity index (χ1n) is 6.24. The highest BCUT2D eigenvalue weighted by Crippen LogP contribution is 2.01. The van der Waals surface area contributed by atoms with Gasteiger partial charge in [0.2, 0.25) is 5.91 Å². The maximum Gasteiger partial charge on any atom is 0.253 e. The van der Waals surface area contributed by atoms with Crippen molar-refractivity contribution in [1.29, 1.82) is 0 Å². The van der Waals surface area contributed by atoms with Crippen LogP contribution in [0.15, 0.2) is 18.5 Å². The molecule has 0 saturated carbocycles. The van der Waals surface area contributed by atoms with Gasteiger partial charge in [0.15, 0.2) is 0 Å². The maximum absolute atomic E-state index is 11.9. The van der Waals surface area contributed by atoms with Crippen molar-refractivity contribution >= 4 is 11.8 Å². The largest absolute Gasteiger partial charge is 0.352 e. The Hall–Kier alpha value is -2.39. The average Bonchev–Trinajstić information content (AvgIpc) is 2.42. The summed E-state index contributed by atoms with van der Waals surface area (Å²) in [6, 6.07) is 1.64.